The molecule has 3 heterocycles. The Morgan fingerprint density at radius 1 is 1.22 bits per heavy atom. The van der Waals surface area contributed by atoms with Gasteiger partial charge < -0.3 is 11.1 Å². The van der Waals surface area contributed by atoms with Crippen LogP contribution in [0.3, 0.4) is 0 Å². The number of pyridine rings is 2. The molecule has 0 saturated carbocycles. The van der Waals surface area contributed by atoms with Gasteiger partial charge in [-0.15, -0.1) is 0 Å². The number of fused-ring (bicyclic) bond motifs is 3. The van der Waals surface area contributed by atoms with E-state index in [-0.39, 0.29) is 23.2 Å². The molecule has 0 unspecified atom stereocenters. The average molecular weight is 507 g/mol. The van der Waals surface area contributed by atoms with E-state index < -0.39 is 29.2 Å². The summed E-state index contributed by atoms with van der Waals surface area (Å²) in [5.74, 6) is -1.86. The van der Waals surface area contributed by atoms with Gasteiger partial charge >= 0.3 is 6.18 Å². The van der Waals surface area contributed by atoms with Gasteiger partial charge in [0.25, 0.3) is 5.91 Å². The fourth-order valence-electron chi connectivity index (χ4n) is 4.50. The van der Waals surface area contributed by atoms with Gasteiger partial charge in [-0.25, -0.2) is 9.07 Å². The van der Waals surface area contributed by atoms with Crippen LogP contribution in [0.1, 0.15) is 39.8 Å². The molecule has 1 aliphatic carbocycles. The highest BCUT2D eigenvalue weighted by Gasteiger charge is 2.40. The predicted molar refractivity (Wildman–Crippen MR) is 125 cm³/mol. The molecule has 0 aliphatic heterocycles. The smallest absolute Gasteiger partial charge is 0.385 e. The SMILES string of the molecule is CCNc1cc(F)cc2c1Cc1ncc(-c3cncc(C#N)c3)c(-n3cc(C(N)=O)c(C(F)(F)F)n3)c1-2. The lowest BCUT2D eigenvalue weighted by atomic mass is 9.98. The monoisotopic (exact) mass is 507 g/mol. The van der Waals surface area contributed by atoms with Crippen LogP contribution in [0.2, 0.25) is 0 Å². The van der Waals surface area contributed by atoms with Gasteiger partial charge in [-0.1, -0.05) is 0 Å². The lowest BCUT2D eigenvalue weighted by Crippen LogP contribution is -2.17. The van der Waals surface area contributed by atoms with Crippen LogP contribution in [0.5, 0.6) is 0 Å². The maximum absolute atomic E-state index is 14.7. The second-order valence-electron chi connectivity index (χ2n) is 8.30. The number of nitrogens with two attached hydrogens (primary N) is 1. The van der Waals surface area contributed by atoms with Crippen molar-refractivity contribution >= 4 is 11.6 Å². The molecule has 4 aromatic rings. The Balaban J connectivity index is 1.87. The molecule has 12 heteroatoms. The van der Waals surface area contributed by atoms with E-state index in [0.717, 1.165) is 10.9 Å². The van der Waals surface area contributed by atoms with Crippen molar-refractivity contribution in [2.45, 2.75) is 19.5 Å². The van der Waals surface area contributed by atoms with E-state index in [0.29, 0.717) is 40.2 Å². The van der Waals surface area contributed by atoms with E-state index >= 15 is 0 Å². The van der Waals surface area contributed by atoms with E-state index in [2.05, 4.69) is 20.4 Å². The molecule has 3 N–H and O–H groups in total. The van der Waals surface area contributed by atoms with Crippen molar-refractivity contribution in [3.63, 3.8) is 0 Å². The molecule has 3 aromatic heterocycles. The number of hydrogen-bond acceptors (Lipinski definition) is 6. The molecule has 1 aromatic carbocycles. The molecule has 0 bridgehead atoms. The molecule has 0 spiro atoms. The zero-order valence-corrected chi connectivity index (χ0v) is 19.2. The molecule has 1 aliphatic rings. The predicted octanol–water partition coefficient (Wildman–Crippen LogP) is 4.46. The van der Waals surface area contributed by atoms with E-state index in [1.165, 1.54) is 36.8 Å². The van der Waals surface area contributed by atoms with Gasteiger partial charge in [0.15, 0.2) is 5.69 Å². The van der Waals surface area contributed by atoms with Gasteiger partial charge in [0.05, 0.1) is 22.5 Å². The van der Waals surface area contributed by atoms with Crippen LogP contribution >= 0.6 is 0 Å². The third-order valence-electron chi connectivity index (χ3n) is 5.98. The first-order valence-electron chi connectivity index (χ1n) is 11.0. The van der Waals surface area contributed by atoms with Crippen molar-refractivity contribution in [2.75, 3.05) is 11.9 Å². The summed E-state index contributed by atoms with van der Waals surface area (Å²) >= 11 is 0. The van der Waals surface area contributed by atoms with Crippen LogP contribution < -0.4 is 11.1 Å². The van der Waals surface area contributed by atoms with Crippen molar-refractivity contribution in [1.82, 2.24) is 19.7 Å². The standard InChI is InChI=1S/C25H17F4N7O/c1-2-33-19-5-14(26)4-16-15(19)6-20-21(16)22(17(10-34-20)13-3-12(7-30)8-32-9-13)36-11-18(24(31)37)23(35-36)25(27,28)29/h3-5,8-11,33H,2,6H2,1H3,(H2,31,37). The first-order chi connectivity index (χ1) is 17.6. The maximum Gasteiger partial charge on any atom is 0.435 e. The lowest BCUT2D eigenvalue weighted by molar-refractivity contribution is -0.141. The van der Waals surface area contributed by atoms with E-state index in [9.17, 15) is 27.6 Å². The fraction of sp³-hybridized carbons (Fsp3) is 0.160. The van der Waals surface area contributed by atoms with E-state index in [4.69, 9.17) is 5.73 Å². The van der Waals surface area contributed by atoms with Crippen LogP contribution in [-0.2, 0) is 12.6 Å². The number of nitrogens with one attached hydrogen (secondary N) is 1. The van der Waals surface area contributed by atoms with Crippen LogP contribution in [0.25, 0.3) is 27.9 Å². The third kappa shape index (κ3) is 4.04. The normalized spacial score (nSPS) is 12.1. The van der Waals surface area contributed by atoms with Crippen molar-refractivity contribution in [1.29, 1.82) is 5.26 Å². The highest BCUT2D eigenvalue weighted by molar-refractivity contribution is 5.95. The summed E-state index contributed by atoms with van der Waals surface area (Å²) in [4.78, 5) is 20.5. The second kappa shape index (κ2) is 8.70. The Bertz CT molecular complexity index is 1620. The zero-order valence-electron chi connectivity index (χ0n) is 19.2. The number of halogens is 4. The zero-order chi connectivity index (χ0) is 26.5. The number of alkyl halides is 3. The first kappa shape index (κ1) is 23.9. The summed E-state index contributed by atoms with van der Waals surface area (Å²) < 4.78 is 56.9. The summed E-state index contributed by atoms with van der Waals surface area (Å²) in [5.41, 5.74) is 6.43. The summed E-state index contributed by atoms with van der Waals surface area (Å²) in [6.45, 7) is 2.37. The second-order valence-corrected chi connectivity index (χ2v) is 8.30. The van der Waals surface area contributed by atoms with Gasteiger partial charge in [-0.2, -0.15) is 23.5 Å². The number of hydrogen-bond donors (Lipinski definition) is 2. The maximum atomic E-state index is 14.7. The molecule has 8 nitrogen and oxygen atoms in total. The Morgan fingerprint density at radius 2 is 2.00 bits per heavy atom. The Labute approximate surface area is 207 Å². The number of anilines is 1. The molecule has 1 amide bonds. The third-order valence-corrected chi connectivity index (χ3v) is 5.98. The van der Waals surface area contributed by atoms with Crippen LogP contribution in [-0.4, -0.2) is 32.2 Å². The molecule has 186 valence electrons. The number of benzene rings is 1. The summed E-state index contributed by atoms with van der Waals surface area (Å²) in [5, 5.41) is 16.1. The van der Waals surface area contributed by atoms with E-state index in [1.54, 1.807) is 0 Å². The Kier molecular flexibility index (Phi) is 5.63. The molecule has 0 radical (unpaired) electrons. The number of nitriles is 1. The average Bonchev–Trinajstić information content (AvgIpc) is 3.46. The summed E-state index contributed by atoms with van der Waals surface area (Å²) in [7, 11) is 0. The number of carbonyl (C=O) groups is 1. The van der Waals surface area contributed by atoms with Crippen LogP contribution in [0, 0.1) is 17.1 Å². The molecule has 0 fully saturated rings. The quantitative estimate of drug-likeness (QED) is 0.339. The van der Waals surface area contributed by atoms with Crippen LogP contribution in [0.15, 0.2) is 43.0 Å². The number of amides is 1. The topological polar surface area (TPSA) is 123 Å². The number of carbonyl (C=O) groups excluding carboxylic acids is 1. The van der Waals surface area contributed by atoms with Gasteiger partial charge in [0.2, 0.25) is 0 Å². The molecular weight excluding hydrogens is 490 g/mol. The van der Waals surface area contributed by atoms with Crippen molar-refractivity contribution in [3.8, 4) is 34.0 Å². The minimum absolute atomic E-state index is 0.117. The Morgan fingerprint density at radius 3 is 2.65 bits per heavy atom. The van der Waals surface area contributed by atoms with Crippen molar-refractivity contribution in [2.24, 2.45) is 5.73 Å². The van der Waals surface area contributed by atoms with Crippen molar-refractivity contribution in [3.05, 3.63) is 76.9 Å². The van der Waals surface area contributed by atoms with Crippen molar-refractivity contribution < 1.29 is 22.4 Å². The molecule has 5 rings (SSSR count). The first-order valence-corrected chi connectivity index (χ1v) is 11.0. The fourth-order valence-corrected chi connectivity index (χ4v) is 4.50. The number of primary amides is 1. The molecule has 37 heavy (non-hydrogen) atoms. The number of rotatable bonds is 5. The highest BCUT2D eigenvalue weighted by Crippen LogP contribution is 2.46. The van der Waals surface area contributed by atoms with Gasteiger partial charge in [-0.05, 0) is 36.2 Å². The van der Waals surface area contributed by atoms with Gasteiger partial charge in [0.1, 0.15) is 11.9 Å². The Hall–Kier alpha value is -4.79. The molecule has 0 saturated heterocycles. The van der Waals surface area contributed by atoms with Gasteiger partial charge in [-0.3, -0.25) is 14.8 Å². The van der Waals surface area contributed by atoms with Crippen LogP contribution in [0.4, 0.5) is 23.2 Å². The molecular formula is C25H17F4N7O. The van der Waals surface area contributed by atoms with E-state index in [1.807, 2.05) is 13.0 Å². The number of nitrogens with zero attached hydrogens (tertiary/aromatic N) is 5. The van der Waals surface area contributed by atoms with Gasteiger partial charge in [0, 0.05) is 60.1 Å². The minimum Gasteiger partial charge on any atom is -0.385 e. The summed E-state index contributed by atoms with van der Waals surface area (Å²) in [6.07, 6.45) is 0.402. The molecule has 0 atom stereocenters. The summed E-state index contributed by atoms with van der Waals surface area (Å²) in [6, 6.07) is 6.09. The lowest BCUT2D eigenvalue weighted by Gasteiger charge is -2.16. The largest absolute Gasteiger partial charge is 0.435 e. The highest BCUT2D eigenvalue weighted by atomic mass is 19.4. The number of aromatic nitrogens is 4. The minimum atomic E-state index is -4.96.